The van der Waals surface area contributed by atoms with Crippen LogP contribution in [0.5, 0.6) is 0 Å². The number of nitrogens with zero attached hydrogens (tertiary/aromatic N) is 1. The molecule has 0 aliphatic carbocycles. The zero-order valence-electron chi connectivity index (χ0n) is 23.8. The highest BCUT2D eigenvalue weighted by Crippen LogP contribution is 2.38. The molecule has 1 heterocycles. The number of hydrogen-bond donors (Lipinski definition) is 3. The smallest absolute Gasteiger partial charge is 0.319 e. The van der Waals surface area contributed by atoms with E-state index in [-0.39, 0.29) is 29.6 Å². The van der Waals surface area contributed by atoms with Crippen LogP contribution < -0.4 is 16.1 Å². The maximum Gasteiger partial charge on any atom is 0.319 e. The van der Waals surface area contributed by atoms with E-state index in [4.69, 9.17) is 0 Å². The molecule has 3 aromatic carbocycles. The summed E-state index contributed by atoms with van der Waals surface area (Å²) in [6.45, 7) is 8.01. The molecule has 40 heavy (non-hydrogen) atoms. The Hall–Kier alpha value is -4.13. The summed E-state index contributed by atoms with van der Waals surface area (Å²) in [4.78, 5) is 40.5. The normalized spacial score (nSPS) is 19.4. The number of anilines is 1. The lowest BCUT2D eigenvalue weighted by Crippen LogP contribution is -2.55. The summed E-state index contributed by atoms with van der Waals surface area (Å²) in [5.41, 5.74) is 6.45. The molecule has 0 radical (unpaired) electrons. The number of carbonyl (C=O) groups excluding carboxylic acids is 3. The van der Waals surface area contributed by atoms with Crippen LogP contribution in [0, 0.1) is 5.41 Å². The van der Waals surface area contributed by atoms with Crippen LogP contribution in [0.25, 0.3) is 0 Å². The van der Waals surface area contributed by atoms with E-state index < -0.39 is 18.1 Å². The van der Waals surface area contributed by atoms with Crippen LogP contribution in [0.4, 0.5) is 10.5 Å². The Balaban J connectivity index is 1.67. The zero-order valence-corrected chi connectivity index (χ0v) is 23.8. The van der Waals surface area contributed by atoms with Crippen molar-refractivity contribution in [2.45, 2.75) is 71.4 Å². The van der Waals surface area contributed by atoms with Gasteiger partial charge in [0.25, 0.3) is 5.91 Å². The lowest BCUT2D eigenvalue weighted by atomic mass is 9.86. The molecule has 3 unspecified atom stereocenters. The SMILES string of the molecule is CCc1cccc(NC(=O)NC2CC(c3ccccc3)CC(c3ccccc3)N(NC(=O)CC(C)(C)C)C2=O)c1. The molecule has 0 spiro atoms. The Labute approximate surface area is 237 Å². The predicted octanol–water partition coefficient (Wildman–Crippen LogP) is 6.35. The number of benzene rings is 3. The second-order valence-electron chi connectivity index (χ2n) is 11.7. The van der Waals surface area contributed by atoms with Gasteiger partial charge in [-0.15, -0.1) is 0 Å². The molecule has 1 aliphatic rings. The van der Waals surface area contributed by atoms with E-state index in [1.165, 1.54) is 5.01 Å². The highest BCUT2D eigenvalue weighted by Gasteiger charge is 2.40. The van der Waals surface area contributed by atoms with Gasteiger partial charge in [-0.1, -0.05) is 100 Å². The van der Waals surface area contributed by atoms with E-state index in [9.17, 15) is 14.4 Å². The molecule has 3 N–H and O–H groups in total. The maximum atomic E-state index is 14.2. The first-order chi connectivity index (χ1) is 19.1. The molecule has 1 fully saturated rings. The van der Waals surface area contributed by atoms with Crippen LogP contribution in [0.15, 0.2) is 84.9 Å². The minimum atomic E-state index is -0.844. The number of urea groups is 1. The summed E-state index contributed by atoms with van der Waals surface area (Å²) in [6, 6.07) is 25.7. The van der Waals surface area contributed by atoms with E-state index in [1.807, 2.05) is 93.6 Å². The molecule has 7 nitrogen and oxygen atoms in total. The van der Waals surface area contributed by atoms with Crippen molar-refractivity contribution in [1.29, 1.82) is 0 Å². The van der Waals surface area contributed by atoms with Gasteiger partial charge in [0.05, 0.1) is 6.04 Å². The third-order valence-corrected chi connectivity index (χ3v) is 7.16. The first-order valence-electron chi connectivity index (χ1n) is 14.0. The molecule has 0 bridgehead atoms. The Morgan fingerprint density at radius 3 is 2.15 bits per heavy atom. The Morgan fingerprint density at radius 2 is 1.52 bits per heavy atom. The van der Waals surface area contributed by atoms with Gasteiger partial charge in [-0.2, -0.15) is 0 Å². The van der Waals surface area contributed by atoms with Crippen molar-refractivity contribution in [2.75, 3.05) is 5.32 Å². The van der Waals surface area contributed by atoms with Crippen molar-refractivity contribution < 1.29 is 14.4 Å². The van der Waals surface area contributed by atoms with Crippen molar-refractivity contribution in [3.63, 3.8) is 0 Å². The first kappa shape index (κ1) is 28.9. The van der Waals surface area contributed by atoms with Crippen molar-refractivity contribution >= 4 is 23.5 Å². The van der Waals surface area contributed by atoms with Gasteiger partial charge < -0.3 is 10.6 Å². The second-order valence-corrected chi connectivity index (χ2v) is 11.7. The number of carbonyl (C=O) groups is 3. The summed E-state index contributed by atoms with van der Waals surface area (Å²) < 4.78 is 0. The quantitative estimate of drug-likeness (QED) is 0.326. The number of hydrogen-bond acceptors (Lipinski definition) is 3. The van der Waals surface area contributed by atoms with E-state index in [0.717, 1.165) is 23.1 Å². The molecule has 4 rings (SSSR count). The van der Waals surface area contributed by atoms with Gasteiger partial charge in [0, 0.05) is 12.1 Å². The Kier molecular flexibility index (Phi) is 9.25. The fourth-order valence-corrected chi connectivity index (χ4v) is 5.24. The average molecular weight is 541 g/mol. The molecule has 3 atom stereocenters. The van der Waals surface area contributed by atoms with E-state index in [1.54, 1.807) is 0 Å². The van der Waals surface area contributed by atoms with Crippen molar-refractivity contribution in [3.05, 3.63) is 102 Å². The van der Waals surface area contributed by atoms with Gasteiger partial charge in [-0.25, -0.2) is 9.80 Å². The summed E-state index contributed by atoms with van der Waals surface area (Å²) in [7, 11) is 0. The van der Waals surface area contributed by atoms with Crippen molar-refractivity contribution in [2.24, 2.45) is 5.41 Å². The molecular formula is C33H40N4O3. The molecule has 0 saturated carbocycles. The van der Waals surface area contributed by atoms with Crippen LogP contribution in [-0.4, -0.2) is 28.9 Å². The van der Waals surface area contributed by atoms with Crippen molar-refractivity contribution in [1.82, 2.24) is 15.8 Å². The van der Waals surface area contributed by atoms with Gasteiger partial charge in [0.15, 0.2) is 0 Å². The summed E-state index contributed by atoms with van der Waals surface area (Å²) in [6.07, 6.45) is 2.10. The molecule has 7 heteroatoms. The molecule has 0 aromatic heterocycles. The molecule has 1 aliphatic heterocycles. The largest absolute Gasteiger partial charge is 0.326 e. The number of rotatable bonds is 7. The fourth-order valence-electron chi connectivity index (χ4n) is 5.24. The van der Waals surface area contributed by atoms with Gasteiger partial charge in [-0.3, -0.25) is 15.0 Å². The van der Waals surface area contributed by atoms with Crippen LogP contribution >= 0.6 is 0 Å². The van der Waals surface area contributed by atoms with Crippen LogP contribution in [-0.2, 0) is 16.0 Å². The molecule has 210 valence electrons. The van der Waals surface area contributed by atoms with Crippen molar-refractivity contribution in [3.8, 4) is 0 Å². The molecule has 3 aromatic rings. The summed E-state index contributed by atoms with van der Waals surface area (Å²) in [5.74, 6) is -0.611. The molecular weight excluding hydrogens is 500 g/mol. The lowest BCUT2D eigenvalue weighted by molar-refractivity contribution is -0.146. The van der Waals surface area contributed by atoms with Crippen LogP contribution in [0.2, 0.25) is 0 Å². The number of aryl methyl sites for hydroxylation is 1. The minimum absolute atomic E-state index is 0.0337. The maximum absolute atomic E-state index is 14.2. The van der Waals surface area contributed by atoms with Gasteiger partial charge in [-0.05, 0) is 59.4 Å². The third kappa shape index (κ3) is 7.72. The summed E-state index contributed by atoms with van der Waals surface area (Å²) in [5, 5.41) is 7.26. The highest BCUT2D eigenvalue weighted by atomic mass is 16.2. The second kappa shape index (κ2) is 12.8. The topological polar surface area (TPSA) is 90.5 Å². The first-order valence-corrected chi connectivity index (χ1v) is 14.0. The van der Waals surface area contributed by atoms with E-state index >= 15 is 0 Å². The highest BCUT2D eigenvalue weighted by molar-refractivity contribution is 5.94. The monoisotopic (exact) mass is 540 g/mol. The summed E-state index contributed by atoms with van der Waals surface area (Å²) >= 11 is 0. The minimum Gasteiger partial charge on any atom is -0.326 e. The van der Waals surface area contributed by atoms with Gasteiger partial charge in [0.1, 0.15) is 6.04 Å². The van der Waals surface area contributed by atoms with Crippen LogP contribution in [0.3, 0.4) is 0 Å². The standard InChI is InChI=1S/C33H40N4O3/c1-5-23-13-12-18-27(19-23)34-32(40)35-28-20-26(24-14-8-6-9-15-24)21-29(25-16-10-7-11-17-25)37(31(28)39)36-30(38)22-33(2,3)4/h6-19,26,28-29H,5,20-22H2,1-4H3,(H,36,38)(H2,34,35,40). The lowest BCUT2D eigenvalue weighted by Gasteiger charge is -2.33. The number of nitrogens with one attached hydrogen (secondary N) is 3. The number of hydrazine groups is 1. The average Bonchev–Trinajstić information content (AvgIpc) is 3.05. The fraction of sp³-hybridized carbons (Fsp3) is 0.364. The van der Waals surface area contributed by atoms with Crippen LogP contribution in [0.1, 0.15) is 75.6 Å². The van der Waals surface area contributed by atoms with E-state index in [2.05, 4.69) is 35.1 Å². The van der Waals surface area contributed by atoms with Gasteiger partial charge in [0.2, 0.25) is 5.91 Å². The van der Waals surface area contributed by atoms with Gasteiger partial charge >= 0.3 is 6.03 Å². The molecule has 4 amide bonds. The molecule has 1 saturated heterocycles. The third-order valence-electron chi connectivity index (χ3n) is 7.16. The van der Waals surface area contributed by atoms with E-state index in [0.29, 0.717) is 18.5 Å². The zero-order chi connectivity index (χ0) is 28.7. The number of amides is 4. The Morgan fingerprint density at radius 1 is 0.875 bits per heavy atom. The Bertz CT molecular complexity index is 1300. The predicted molar refractivity (Wildman–Crippen MR) is 158 cm³/mol.